The minimum absolute atomic E-state index is 0.110. The number of allylic oxidation sites excluding steroid dienone is 2. The van der Waals surface area contributed by atoms with Gasteiger partial charge in [-0.3, -0.25) is 4.79 Å². The van der Waals surface area contributed by atoms with Gasteiger partial charge in [-0.25, -0.2) is 0 Å². The maximum Gasteiger partial charge on any atom is 0.306 e. The summed E-state index contributed by atoms with van der Waals surface area (Å²) in [5.41, 5.74) is 0. The van der Waals surface area contributed by atoms with Gasteiger partial charge in [0.25, 0.3) is 0 Å². The van der Waals surface area contributed by atoms with Crippen molar-refractivity contribution in [2.24, 2.45) is 0 Å². The van der Waals surface area contributed by atoms with Gasteiger partial charge in [0, 0.05) is 13.0 Å². The molecule has 0 aromatic carbocycles. The van der Waals surface area contributed by atoms with Crippen LogP contribution in [0.4, 0.5) is 0 Å². The zero-order valence-electron chi connectivity index (χ0n) is 37.8. The van der Waals surface area contributed by atoms with Crippen molar-refractivity contribution >= 4 is 5.97 Å². The van der Waals surface area contributed by atoms with Gasteiger partial charge >= 0.3 is 5.97 Å². The van der Waals surface area contributed by atoms with Crippen molar-refractivity contribution in [1.29, 1.82) is 0 Å². The van der Waals surface area contributed by atoms with E-state index in [0.29, 0.717) is 13.0 Å². The van der Waals surface area contributed by atoms with Crippen LogP contribution in [0.2, 0.25) is 0 Å². The van der Waals surface area contributed by atoms with E-state index in [1.165, 1.54) is 180 Å². The van der Waals surface area contributed by atoms with Crippen LogP contribution in [0.15, 0.2) is 12.2 Å². The number of carbonyl (C=O) groups is 1. The number of rotatable bonds is 43. The number of hydrogen-bond donors (Lipinski definition) is 4. The first kappa shape index (κ1) is 54.9. The number of aliphatic hydroxyl groups is 4. The first-order valence-electron chi connectivity index (χ1n) is 24.8. The predicted molar refractivity (Wildman–Crippen MR) is 238 cm³/mol. The molecule has 4 N–H and O–H groups in total. The Labute approximate surface area is 356 Å². The van der Waals surface area contributed by atoms with Crippen molar-refractivity contribution in [2.45, 2.75) is 269 Å². The molecule has 0 aromatic rings. The standard InChI is InChI=1S/C49H94O9/c1-3-5-7-9-11-13-15-17-19-20-21-22-23-24-26-28-30-32-34-36-38-45(51)57-43(42-56-49-48(54)47(53)46(52)44(40-50)58-49)41-55-39-37-35-33-31-29-27-25-18-16-14-12-10-8-6-4-2/h16,18,43-44,46-50,52-54H,3-15,17,19-42H2,1-2H3/b18-16-. The molecule has 58 heavy (non-hydrogen) atoms. The third kappa shape index (κ3) is 31.8. The molecule has 0 aromatic heterocycles. The molecule has 1 saturated heterocycles. The first-order chi connectivity index (χ1) is 28.4. The van der Waals surface area contributed by atoms with E-state index in [1.807, 2.05) is 0 Å². The molecule has 1 fully saturated rings. The monoisotopic (exact) mass is 827 g/mol. The highest BCUT2D eigenvalue weighted by atomic mass is 16.7. The van der Waals surface area contributed by atoms with Crippen molar-refractivity contribution in [3.63, 3.8) is 0 Å². The Kier molecular flexibility index (Phi) is 39.1. The Morgan fingerprint density at radius 3 is 1.40 bits per heavy atom. The summed E-state index contributed by atoms with van der Waals surface area (Å²) in [7, 11) is 0. The van der Waals surface area contributed by atoms with Gasteiger partial charge in [0.2, 0.25) is 0 Å². The molecule has 0 saturated carbocycles. The second-order valence-corrected chi connectivity index (χ2v) is 17.3. The number of ether oxygens (including phenoxy) is 4. The zero-order chi connectivity index (χ0) is 42.2. The third-order valence-electron chi connectivity index (χ3n) is 11.7. The molecule has 6 atom stereocenters. The predicted octanol–water partition coefficient (Wildman–Crippen LogP) is 11.6. The molecule has 0 aliphatic carbocycles. The van der Waals surface area contributed by atoms with Crippen LogP contribution in [-0.2, 0) is 23.7 Å². The number of unbranched alkanes of at least 4 members (excludes halogenated alkanes) is 30. The van der Waals surface area contributed by atoms with Crippen LogP contribution in [0.3, 0.4) is 0 Å². The molecule has 0 spiro atoms. The molecule has 0 bridgehead atoms. The topological polar surface area (TPSA) is 135 Å². The molecule has 1 aliphatic heterocycles. The van der Waals surface area contributed by atoms with Crippen LogP contribution in [0.25, 0.3) is 0 Å². The highest BCUT2D eigenvalue weighted by molar-refractivity contribution is 5.69. The average molecular weight is 827 g/mol. The second-order valence-electron chi connectivity index (χ2n) is 17.3. The number of aliphatic hydroxyl groups excluding tert-OH is 4. The summed E-state index contributed by atoms with van der Waals surface area (Å²) in [5.74, 6) is -0.310. The lowest BCUT2D eigenvalue weighted by molar-refractivity contribution is -0.305. The van der Waals surface area contributed by atoms with Gasteiger partial charge in [-0.2, -0.15) is 0 Å². The largest absolute Gasteiger partial charge is 0.457 e. The van der Waals surface area contributed by atoms with Crippen LogP contribution >= 0.6 is 0 Å². The Hall–Kier alpha value is -1.07. The molecule has 1 aliphatic rings. The molecule has 0 amide bonds. The maximum atomic E-state index is 12.8. The second kappa shape index (κ2) is 41.3. The van der Waals surface area contributed by atoms with E-state index in [0.717, 1.165) is 32.1 Å². The van der Waals surface area contributed by atoms with Gasteiger partial charge in [0.05, 0.1) is 19.8 Å². The van der Waals surface area contributed by atoms with Crippen molar-refractivity contribution in [3.05, 3.63) is 12.2 Å². The van der Waals surface area contributed by atoms with Crippen LogP contribution in [-0.4, -0.2) is 89.6 Å². The summed E-state index contributed by atoms with van der Waals surface area (Å²) in [4.78, 5) is 12.8. The minimum atomic E-state index is -1.53. The number of esters is 1. The van der Waals surface area contributed by atoms with Gasteiger partial charge in [-0.1, -0.05) is 199 Å². The summed E-state index contributed by atoms with van der Waals surface area (Å²) in [6, 6.07) is 0. The number of carbonyl (C=O) groups excluding carboxylic acids is 1. The molecule has 1 heterocycles. The fraction of sp³-hybridized carbons (Fsp3) is 0.939. The molecule has 1 rings (SSSR count). The molecule has 9 nitrogen and oxygen atoms in total. The molecule has 344 valence electrons. The van der Waals surface area contributed by atoms with Crippen LogP contribution in [0.1, 0.15) is 232 Å². The molecular formula is C49H94O9. The van der Waals surface area contributed by atoms with Gasteiger partial charge in [0.15, 0.2) is 6.29 Å². The Morgan fingerprint density at radius 1 is 0.534 bits per heavy atom. The van der Waals surface area contributed by atoms with Crippen LogP contribution in [0, 0.1) is 0 Å². The quantitative estimate of drug-likeness (QED) is 0.0269. The van der Waals surface area contributed by atoms with Crippen molar-refractivity contribution in [1.82, 2.24) is 0 Å². The van der Waals surface area contributed by atoms with Gasteiger partial charge < -0.3 is 39.4 Å². The molecular weight excluding hydrogens is 733 g/mol. The fourth-order valence-corrected chi connectivity index (χ4v) is 7.78. The van der Waals surface area contributed by atoms with E-state index in [1.54, 1.807) is 0 Å². The molecule has 6 unspecified atom stereocenters. The summed E-state index contributed by atoms with van der Waals surface area (Å²) >= 11 is 0. The van der Waals surface area contributed by atoms with Gasteiger partial charge in [-0.05, 0) is 38.5 Å². The van der Waals surface area contributed by atoms with E-state index < -0.39 is 43.4 Å². The van der Waals surface area contributed by atoms with E-state index >= 15 is 0 Å². The molecule has 0 radical (unpaired) electrons. The fourth-order valence-electron chi connectivity index (χ4n) is 7.78. The summed E-state index contributed by atoms with van der Waals surface area (Å²) in [6.07, 6.45) is 39.5. The first-order valence-corrected chi connectivity index (χ1v) is 24.8. The highest BCUT2D eigenvalue weighted by Crippen LogP contribution is 2.23. The van der Waals surface area contributed by atoms with Crippen molar-refractivity contribution in [2.75, 3.05) is 26.4 Å². The van der Waals surface area contributed by atoms with Crippen LogP contribution < -0.4 is 0 Å². The van der Waals surface area contributed by atoms with E-state index in [4.69, 9.17) is 18.9 Å². The molecule has 9 heteroatoms. The third-order valence-corrected chi connectivity index (χ3v) is 11.7. The smallest absolute Gasteiger partial charge is 0.306 e. The average Bonchev–Trinajstić information content (AvgIpc) is 3.22. The lowest BCUT2D eigenvalue weighted by Gasteiger charge is -2.39. The summed E-state index contributed by atoms with van der Waals surface area (Å²) < 4.78 is 22.9. The summed E-state index contributed by atoms with van der Waals surface area (Å²) in [6.45, 7) is 4.58. The Morgan fingerprint density at radius 2 is 0.948 bits per heavy atom. The lowest BCUT2D eigenvalue weighted by Crippen LogP contribution is -2.59. The normalized spacial score (nSPS) is 20.3. The van der Waals surface area contributed by atoms with Crippen LogP contribution in [0.5, 0.6) is 0 Å². The van der Waals surface area contributed by atoms with Crippen molar-refractivity contribution < 1.29 is 44.2 Å². The Bertz CT molecular complexity index is 899. The minimum Gasteiger partial charge on any atom is -0.457 e. The highest BCUT2D eigenvalue weighted by Gasteiger charge is 2.44. The zero-order valence-corrected chi connectivity index (χ0v) is 37.8. The lowest BCUT2D eigenvalue weighted by atomic mass is 9.99. The number of hydrogen-bond acceptors (Lipinski definition) is 9. The summed E-state index contributed by atoms with van der Waals surface area (Å²) in [5, 5.41) is 40.2. The van der Waals surface area contributed by atoms with E-state index in [9.17, 15) is 25.2 Å². The van der Waals surface area contributed by atoms with Gasteiger partial charge in [0.1, 0.15) is 30.5 Å². The van der Waals surface area contributed by atoms with E-state index in [2.05, 4.69) is 26.0 Å². The van der Waals surface area contributed by atoms with Crippen molar-refractivity contribution in [3.8, 4) is 0 Å². The SMILES string of the molecule is CCCCCCC/C=C\CCCCCCCCOCC(COC1OC(CO)C(O)C(O)C1O)OC(=O)CCCCCCCCCCCCCCCCCCCCCC. The Balaban J connectivity index is 2.20. The van der Waals surface area contributed by atoms with E-state index in [-0.39, 0.29) is 19.2 Å². The van der Waals surface area contributed by atoms with Gasteiger partial charge in [-0.15, -0.1) is 0 Å². The maximum absolute atomic E-state index is 12.8.